The SMILES string of the molecule is CCCCCC/C=C/C(O)C(COC1OC(CO)C(OC2OC(CO)C(OC3OC(CO)C(O)C(O)C3O)C(O)C2O)C(O)C1O)NC(=O)CCCCCCCCCCCCCCCCCCC/C=C\C/C=C\CCCCCCC. The molecule has 468 valence electrons. The summed E-state index contributed by atoms with van der Waals surface area (Å²) in [6.45, 7) is 1.61. The van der Waals surface area contributed by atoms with Crippen LogP contribution in [0.5, 0.6) is 0 Å². The zero-order chi connectivity index (χ0) is 58.3. The molecule has 3 aliphatic heterocycles. The van der Waals surface area contributed by atoms with Crippen molar-refractivity contribution in [2.45, 2.75) is 317 Å². The van der Waals surface area contributed by atoms with E-state index in [2.05, 4.69) is 43.5 Å². The van der Waals surface area contributed by atoms with Crippen LogP contribution in [-0.2, 0) is 33.2 Å². The first-order valence-corrected chi connectivity index (χ1v) is 31.2. The van der Waals surface area contributed by atoms with Crippen molar-refractivity contribution in [3.63, 3.8) is 0 Å². The summed E-state index contributed by atoms with van der Waals surface area (Å²) in [6, 6.07) is -0.968. The summed E-state index contributed by atoms with van der Waals surface area (Å²) in [5.74, 6) is -0.281. The Morgan fingerprint density at radius 1 is 0.450 bits per heavy atom. The Kier molecular flexibility index (Phi) is 40.2. The molecule has 3 aliphatic rings. The molecule has 0 aromatic heterocycles. The van der Waals surface area contributed by atoms with E-state index in [1.807, 2.05) is 6.08 Å². The van der Waals surface area contributed by atoms with E-state index >= 15 is 0 Å². The average Bonchev–Trinajstić information content (AvgIpc) is 3.49. The van der Waals surface area contributed by atoms with Crippen LogP contribution in [0.3, 0.4) is 0 Å². The van der Waals surface area contributed by atoms with Crippen LogP contribution in [0.15, 0.2) is 36.5 Å². The van der Waals surface area contributed by atoms with E-state index in [4.69, 9.17) is 28.4 Å². The molecule has 0 bridgehead atoms. The van der Waals surface area contributed by atoms with E-state index in [1.165, 1.54) is 128 Å². The molecule has 3 saturated heterocycles. The number of aliphatic hydroxyl groups excluding tert-OH is 11. The van der Waals surface area contributed by atoms with Crippen molar-refractivity contribution in [3.05, 3.63) is 36.5 Å². The van der Waals surface area contributed by atoms with Gasteiger partial charge in [-0.1, -0.05) is 192 Å². The largest absolute Gasteiger partial charge is 0.394 e. The molecule has 0 saturated carbocycles. The van der Waals surface area contributed by atoms with Crippen molar-refractivity contribution in [1.82, 2.24) is 5.32 Å². The monoisotopic (exact) mass is 1150 g/mol. The van der Waals surface area contributed by atoms with Gasteiger partial charge in [-0.15, -0.1) is 0 Å². The minimum absolute atomic E-state index is 0.244. The third-order valence-electron chi connectivity index (χ3n) is 15.7. The number of allylic oxidation sites excluding steroid dienone is 5. The van der Waals surface area contributed by atoms with Crippen molar-refractivity contribution in [2.75, 3.05) is 26.4 Å². The van der Waals surface area contributed by atoms with Crippen LogP contribution in [0, 0.1) is 0 Å². The molecule has 0 aromatic rings. The Balaban J connectivity index is 1.34. The number of unbranched alkanes of at least 4 members (excludes halogenated alkanes) is 26. The Labute approximate surface area is 479 Å². The molecule has 19 heteroatoms. The Bertz CT molecular complexity index is 1600. The fraction of sp³-hybridized carbons (Fsp3) is 0.885. The lowest BCUT2D eigenvalue weighted by Crippen LogP contribution is -2.66. The summed E-state index contributed by atoms with van der Waals surface area (Å²) in [6.07, 6.45) is 22.0. The Morgan fingerprint density at radius 3 is 1.29 bits per heavy atom. The first kappa shape index (κ1) is 72.3. The molecule has 0 aromatic carbocycles. The van der Waals surface area contributed by atoms with Gasteiger partial charge in [0.15, 0.2) is 18.9 Å². The van der Waals surface area contributed by atoms with Gasteiger partial charge < -0.3 is 89.9 Å². The van der Waals surface area contributed by atoms with Crippen LogP contribution >= 0.6 is 0 Å². The Hall–Kier alpha value is -1.99. The molecule has 1 amide bonds. The van der Waals surface area contributed by atoms with Crippen molar-refractivity contribution in [2.24, 2.45) is 0 Å². The van der Waals surface area contributed by atoms with Crippen LogP contribution in [0.25, 0.3) is 0 Å². The molecule has 3 rings (SSSR count). The highest BCUT2D eigenvalue weighted by Crippen LogP contribution is 2.33. The smallest absolute Gasteiger partial charge is 0.220 e. The predicted molar refractivity (Wildman–Crippen MR) is 305 cm³/mol. The van der Waals surface area contributed by atoms with E-state index in [9.17, 15) is 61.0 Å². The van der Waals surface area contributed by atoms with Crippen LogP contribution in [0.1, 0.15) is 213 Å². The molecular formula is C61H111NO18. The van der Waals surface area contributed by atoms with Gasteiger partial charge in [0.2, 0.25) is 5.91 Å². The summed E-state index contributed by atoms with van der Waals surface area (Å²) >= 11 is 0. The summed E-state index contributed by atoms with van der Waals surface area (Å²) < 4.78 is 34.1. The molecule has 0 aliphatic carbocycles. The second kappa shape index (κ2) is 44.5. The predicted octanol–water partition coefficient (Wildman–Crippen LogP) is 6.10. The lowest BCUT2D eigenvalue weighted by atomic mass is 9.96. The number of ether oxygens (including phenoxy) is 6. The number of amides is 1. The summed E-state index contributed by atoms with van der Waals surface area (Å²) in [7, 11) is 0. The van der Waals surface area contributed by atoms with E-state index in [0.717, 1.165) is 57.8 Å². The molecule has 0 radical (unpaired) electrons. The number of aliphatic hydroxyl groups is 11. The van der Waals surface area contributed by atoms with Crippen molar-refractivity contribution in [1.29, 1.82) is 0 Å². The van der Waals surface area contributed by atoms with Crippen molar-refractivity contribution in [3.8, 4) is 0 Å². The molecule has 80 heavy (non-hydrogen) atoms. The number of rotatable bonds is 46. The number of hydrogen-bond donors (Lipinski definition) is 12. The number of carbonyl (C=O) groups excluding carboxylic acids is 1. The van der Waals surface area contributed by atoms with Crippen LogP contribution < -0.4 is 5.32 Å². The quantitative estimate of drug-likeness (QED) is 0.0242. The lowest BCUT2D eigenvalue weighted by Gasteiger charge is -2.48. The zero-order valence-corrected chi connectivity index (χ0v) is 48.8. The standard InChI is InChI=1S/C61H111NO18/c1-3-5-7-9-11-12-13-14-15-16-17-18-19-20-21-22-23-24-25-26-27-28-29-30-31-32-33-35-37-39-49(67)62-44(45(66)38-36-34-10-8-6-4-2)43-75-59-55(73)52(70)57(47(41-64)77-59)80-61-56(74)53(71)58(48(42-65)78-61)79-60-54(72)51(69)50(68)46(40-63)76-60/h13-14,16-17,36,38,44-48,50-61,63-66,68-74H,3-12,15,18-35,37,39-43H2,1-2H3,(H,62,67)/b14-13-,17-16-,38-36+. The summed E-state index contributed by atoms with van der Waals surface area (Å²) in [5, 5.41) is 120. The van der Waals surface area contributed by atoms with Gasteiger partial charge >= 0.3 is 0 Å². The molecule has 17 atom stereocenters. The minimum Gasteiger partial charge on any atom is -0.394 e. The van der Waals surface area contributed by atoms with Crippen LogP contribution in [0.4, 0.5) is 0 Å². The van der Waals surface area contributed by atoms with Gasteiger partial charge in [-0.25, -0.2) is 0 Å². The lowest BCUT2D eigenvalue weighted by molar-refractivity contribution is -0.379. The summed E-state index contributed by atoms with van der Waals surface area (Å²) in [5.41, 5.74) is 0. The van der Waals surface area contributed by atoms with E-state index in [1.54, 1.807) is 6.08 Å². The maximum atomic E-state index is 13.2. The highest BCUT2D eigenvalue weighted by atomic mass is 16.8. The van der Waals surface area contributed by atoms with Crippen LogP contribution in [0.2, 0.25) is 0 Å². The fourth-order valence-electron chi connectivity index (χ4n) is 10.5. The topological polar surface area (TPSA) is 307 Å². The van der Waals surface area contributed by atoms with Gasteiger partial charge in [-0.3, -0.25) is 4.79 Å². The van der Waals surface area contributed by atoms with E-state index in [0.29, 0.717) is 6.42 Å². The molecule has 17 unspecified atom stereocenters. The molecular weight excluding hydrogens is 1030 g/mol. The third-order valence-corrected chi connectivity index (χ3v) is 15.7. The first-order valence-electron chi connectivity index (χ1n) is 31.2. The van der Waals surface area contributed by atoms with Crippen molar-refractivity contribution < 1.29 is 89.4 Å². The van der Waals surface area contributed by atoms with Gasteiger partial charge in [-0.05, 0) is 51.4 Å². The van der Waals surface area contributed by atoms with Gasteiger partial charge in [0.25, 0.3) is 0 Å². The highest BCUT2D eigenvalue weighted by Gasteiger charge is 2.53. The molecule has 0 spiro atoms. The van der Waals surface area contributed by atoms with Gasteiger partial charge in [-0.2, -0.15) is 0 Å². The zero-order valence-electron chi connectivity index (χ0n) is 48.8. The number of carbonyl (C=O) groups is 1. The maximum absolute atomic E-state index is 13.2. The Morgan fingerprint density at radius 2 is 0.825 bits per heavy atom. The highest BCUT2D eigenvalue weighted by molar-refractivity contribution is 5.76. The summed E-state index contributed by atoms with van der Waals surface area (Å²) in [4.78, 5) is 13.2. The number of hydrogen-bond acceptors (Lipinski definition) is 18. The molecule has 12 N–H and O–H groups in total. The van der Waals surface area contributed by atoms with Crippen LogP contribution in [-0.4, -0.2) is 193 Å². The second-order valence-electron chi connectivity index (χ2n) is 22.5. The maximum Gasteiger partial charge on any atom is 0.220 e. The van der Waals surface area contributed by atoms with Gasteiger partial charge in [0.1, 0.15) is 73.2 Å². The van der Waals surface area contributed by atoms with Crippen molar-refractivity contribution >= 4 is 5.91 Å². The second-order valence-corrected chi connectivity index (χ2v) is 22.5. The normalized spacial score (nSPS) is 30.2. The first-order chi connectivity index (χ1) is 38.8. The average molecular weight is 1150 g/mol. The van der Waals surface area contributed by atoms with E-state index in [-0.39, 0.29) is 18.9 Å². The molecule has 3 fully saturated rings. The molecule has 19 nitrogen and oxygen atoms in total. The molecule has 3 heterocycles. The number of nitrogens with one attached hydrogen (secondary N) is 1. The van der Waals surface area contributed by atoms with Gasteiger partial charge in [0, 0.05) is 6.42 Å². The van der Waals surface area contributed by atoms with Gasteiger partial charge in [0.05, 0.1) is 38.6 Å². The fourth-order valence-corrected chi connectivity index (χ4v) is 10.5. The van der Waals surface area contributed by atoms with E-state index < -0.39 is 124 Å². The third kappa shape index (κ3) is 27.8. The minimum atomic E-state index is -1.98.